The first-order chi connectivity index (χ1) is 9.04. The van der Waals surface area contributed by atoms with Crippen molar-refractivity contribution in [1.82, 2.24) is 0 Å². The molecule has 1 aromatic rings. The highest BCUT2D eigenvalue weighted by Crippen LogP contribution is 2.15. The first kappa shape index (κ1) is 14.9. The molecule has 0 radical (unpaired) electrons. The number of anilines is 1. The molecule has 1 N–H and O–H groups in total. The summed E-state index contributed by atoms with van der Waals surface area (Å²) in [4.78, 5) is 34.1. The fourth-order valence-corrected chi connectivity index (χ4v) is 1.51. The Morgan fingerprint density at radius 2 is 1.89 bits per heavy atom. The van der Waals surface area contributed by atoms with Gasteiger partial charge in [0, 0.05) is 12.0 Å². The highest BCUT2D eigenvalue weighted by molar-refractivity contribution is 6.04. The third-order valence-corrected chi connectivity index (χ3v) is 2.40. The summed E-state index contributed by atoms with van der Waals surface area (Å²) in [6.45, 7) is 2.93. The van der Waals surface area contributed by atoms with Gasteiger partial charge < -0.3 is 10.1 Å². The quantitative estimate of drug-likeness (QED) is 0.630. The number of ether oxygens (including phenoxy) is 1. The molecular formula is C14H17NO4. The van der Waals surface area contributed by atoms with E-state index in [0.29, 0.717) is 17.7 Å². The number of carbonyl (C=O) groups is 3. The van der Waals surface area contributed by atoms with Crippen LogP contribution >= 0.6 is 0 Å². The summed E-state index contributed by atoms with van der Waals surface area (Å²) in [6.07, 6.45) is 0.963. The minimum absolute atomic E-state index is 0.140. The summed E-state index contributed by atoms with van der Waals surface area (Å²) in [7, 11) is 0. The Balaban J connectivity index is 2.58. The van der Waals surface area contributed by atoms with E-state index in [0.717, 1.165) is 0 Å². The number of nitrogens with one attached hydrogen (secondary N) is 1. The number of hydrogen-bond acceptors (Lipinski definition) is 4. The van der Waals surface area contributed by atoms with Crippen molar-refractivity contribution in [1.29, 1.82) is 0 Å². The predicted octanol–water partition coefficient (Wildman–Crippen LogP) is 2.17. The molecule has 102 valence electrons. The normalized spacial score (nSPS) is 9.79. The number of para-hydroxylation sites is 1. The van der Waals surface area contributed by atoms with Gasteiger partial charge in [-0.3, -0.25) is 14.4 Å². The first-order valence-electron chi connectivity index (χ1n) is 6.10. The van der Waals surface area contributed by atoms with Gasteiger partial charge in [-0.05, 0) is 25.5 Å². The SMILES string of the molecule is CCCC(=O)OCC(=O)Nc1ccccc1C(C)=O. The summed E-state index contributed by atoms with van der Waals surface area (Å²) >= 11 is 0. The van der Waals surface area contributed by atoms with Crippen LogP contribution < -0.4 is 5.32 Å². The van der Waals surface area contributed by atoms with Gasteiger partial charge in [-0.1, -0.05) is 19.1 Å². The lowest BCUT2D eigenvalue weighted by molar-refractivity contribution is -0.147. The van der Waals surface area contributed by atoms with Gasteiger partial charge in [-0.2, -0.15) is 0 Å². The van der Waals surface area contributed by atoms with E-state index in [1.807, 2.05) is 6.92 Å². The number of ketones is 1. The zero-order valence-electron chi connectivity index (χ0n) is 11.1. The number of amides is 1. The number of esters is 1. The van der Waals surface area contributed by atoms with Gasteiger partial charge in [0.05, 0.1) is 5.69 Å². The standard InChI is InChI=1S/C14H17NO4/c1-3-6-14(18)19-9-13(17)15-12-8-5-4-7-11(12)10(2)16/h4-5,7-8H,3,6,9H2,1-2H3,(H,15,17). The lowest BCUT2D eigenvalue weighted by atomic mass is 10.1. The second kappa shape index (κ2) is 7.31. The molecule has 0 atom stereocenters. The molecule has 19 heavy (non-hydrogen) atoms. The second-order valence-corrected chi connectivity index (χ2v) is 4.06. The Morgan fingerprint density at radius 1 is 1.21 bits per heavy atom. The molecule has 0 saturated heterocycles. The molecule has 1 rings (SSSR count). The van der Waals surface area contributed by atoms with Crippen LogP contribution in [0.4, 0.5) is 5.69 Å². The zero-order valence-corrected chi connectivity index (χ0v) is 11.1. The Morgan fingerprint density at radius 3 is 2.53 bits per heavy atom. The van der Waals surface area contributed by atoms with Gasteiger partial charge in [0.25, 0.3) is 5.91 Å². The van der Waals surface area contributed by atoms with Crippen molar-refractivity contribution in [3.05, 3.63) is 29.8 Å². The lowest BCUT2D eigenvalue weighted by Crippen LogP contribution is -2.21. The largest absolute Gasteiger partial charge is 0.456 e. The molecule has 0 spiro atoms. The third-order valence-electron chi connectivity index (χ3n) is 2.40. The number of rotatable bonds is 6. The number of Topliss-reactive ketones (excluding diaryl/α,β-unsaturated/α-hetero) is 1. The van der Waals surface area contributed by atoms with Gasteiger partial charge in [-0.25, -0.2) is 0 Å². The average Bonchev–Trinajstić information content (AvgIpc) is 2.37. The van der Waals surface area contributed by atoms with Crippen molar-refractivity contribution >= 4 is 23.3 Å². The minimum atomic E-state index is -0.460. The van der Waals surface area contributed by atoms with Crippen molar-refractivity contribution in [3.8, 4) is 0 Å². The van der Waals surface area contributed by atoms with Crippen LogP contribution in [-0.4, -0.2) is 24.3 Å². The van der Waals surface area contributed by atoms with Crippen molar-refractivity contribution in [3.63, 3.8) is 0 Å². The van der Waals surface area contributed by atoms with Crippen molar-refractivity contribution < 1.29 is 19.1 Å². The Bertz CT molecular complexity index is 482. The molecule has 0 aliphatic carbocycles. The minimum Gasteiger partial charge on any atom is -0.456 e. The second-order valence-electron chi connectivity index (χ2n) is 4.06. The van der Waals surface area contributed by atoms with Gasteiger partial charge in [0.15, 0.2) is 12.4 Å². The maximum absolute atomic E-state index is 11.6. The molecule has 5 heteroatoms. The molecule has 1 amide bonds. The maximum atomic E-state index is 11.6. The molecule has 0 aliphatic rings. The Hall–Kier alpha value is -2.17. The smallest absolute Gasteiger partial charge is 0.306 e. The third kappa shape index (κ3) is 4.91. The molecule has 0 unspecified atom stereocenters. The van der Waals surface area contributed by atoms with Gasteiger partial charge in [0.1, 0.15) is 0 Å². The van der Waals surface area contributed by atoms with E-state index in [1.165, 1.54) is 6.92 Å². The highest BCUT2D eigenvalue weighted by Gasteiger charge is 2.11. The molecule has 0 fully saturated rings. The lowest BCUT2D eigenvalue weighted by Gasteiger charge is -2.09. The van der Waals surface area contributed by atoms with E-state index >= 15 is 0 Å². The number of carbonyl (C=O) groups excluding carboxylic acids is 3. The van der Waals surface area contributed by atoms with Crippen LogP contribution in [0.1, 0.15) is 37.0 Å². The highest BCUT2D eigenvalue weighted by atomic mass is 16.5. The predicted molar refractivity (Wildman–Crippen MR) is 70.9 cm³/mol. The van der Waals surface area contributed by atoms with E-state index in [4.69, 9.17) is 4.74 Å². The summed E-state index contributed by atoms with van der Waals surface area (Å²) in [5, 5.41) is 2.55. The maximum Gasteiger partial charge on any atom is 0.306 e. The number of hydrogen-bond donors (Lipinski definition) is 1. The Labute approximate surface area is 111 Å². The van der Waals surface area contributed by atoms with E-state index in [9.17, 15) is 14.4 Å². The van der Waals surface area contributed by atoms with E-state index in [-0.39, 0.29) is 18.8 Å². The topological polar surface area (TPSA) is 72.5 Å². The molecule has 0 aliphatic heterocycles. The monoisotopic (exact) mass is 263 g/mol. The summed E-state index contributed by atoms with van der Waals surface area (Å²) in [5.74, 6) is -1.01. The molecular weight excluding hydrogens is 246 g/mol. The molecule has 0 heterocycles. The molecule has 0 saturated carbocycles. The molecule has 1 aromatic carbocycles. The van der Waals surface area contributed by atoms with Crippen molar-refractivity contribution in [2.45, 2.75) is 26.7 Å². The average molecular weight is 263 g/mol. The van der Waals surface area contributed by atoms with Crippen LogP contribution in [-0.2, 0) is 14.3 Å². The molecule has 0 bridgehead atoms. The van der Waals surface area contributed by atoms with Crippen LogP contribution in [0.3, 0.4) is 0 Å². The first-order valence-corrected chi connectivity index (χ1v) is 6.10. The van der Waals surface area contributed by atoms with Crippen LogP contribution in [0.25, 0.3) is 0 Å². The molecule has 0 aromatic heterocycles. The van der Waals surface area contributed by atoms with Gasteiger partial charge >= 0.3 is 5.97 Å². The van der Waals surface area contributed by atoms with Crippen molar-refractivity contribution in [2.24, 2.45) is 0 Å². The fourth-order valence-electron chi connectivity index (χ4n) is 1.51. The van der Waals surface area contributed by atoms with Crippen molar-refractivity contribution in [2.75, 3.05) is 11.9 Å². The summed E-state index contributed by atoms with van der Waals surface area (Å²) in [6, 6.07) is 6.68. The molecule has 5 nitrogen and oxygen atoms in total. The summed E-state index contributed by atoms with van der Waals surface area (Å²) < 4.78 is 4.78. The van der Waals surface area contributed by atoms with E-state index in [2.05, 4.69) is 5.32 Å². The van der Waals surface area contributed by atoms with Crippen LogP contribution in [0.15, 0.2) is 24.3 Å². The van der Waals surface area contributed by atoms with Gasteiger partial charge in [-0.15, -0.1) is 0 Å². The van der Waals surface area contributed by atoms with Crippen LogP contribution in [0, 0.1) is 0 Å². The van der Waals surface area contributed by atoms with E-state index in [1.54, 1.807) is 24.3 Å². The van der Waals surface area contributed by atoms with Crippen LogP contribution in [0.5, 0.6) is 0 Å². The Kier molecular flexibility index (Phi) is 5.73. The summed E-state index contributed by atoms with van der Waals surface area (Å²) in [5.41, 5.74) is 0.849. The van der Waals surface area contributed by atoms with E-state index < -0.39 is 11.9 Å². The van der Waals surface area contributed by atoms with Gasteiger partial charge in [0.2, 0.25) is 0 Å². The fraction of sp³-hybridized carbons (Fsp3) is 0.357. The number of benzene rings is 1. The van der Waals surface area contributed by atoms with Crippen LogP contribution in [0.2, 0.25) is 0 Å². The zero-order chi connectivity index (χ0) is 14.3.